The van der Waals surface area contributed by atoms with Crippen molar-refractivity contribution in [2.45, 2.75) is 0 Å². The zero-order valence-corrected chi connectivity index (χ0v) is 17.6. The van der Waals surface area contributed by atoms with Gasteiger partial charge in [0.05, 0.1) is 24.0 Å². The lowest BCUT2D eigenvalue weighted by Gasteiger charge is -2.09. The first-order chi connectivity index (χ1) is 14.6. The van der Waals surface area contributed by atoms with Crippen molar-refractivity contribution in [2.75, 3.05) is 12.4 Å². The number of nitrogens with one attached hydrogen (secondary N) is 1. The van der Waals surface area contributed by atoms with E-state index in [4.69, 9.17) is 4.74 Å². The first-order valence-corrected chi connectivity index (χ1v) is 9.91. The Morgan fingerprint density at radius 2 is 1.80 bits per heavy atom. The average molecular weight is 466 g/mol. The van der Waals surface area contributed by atoms with Gasteiger partial charge in [0.25, 0.3) is 5.91 Å². The first kappa shape index (κ1) is 19.8. The summed E-state index contributed by atoms with van der Waals surface area (Å²) in [6, 6.07) is 21.2. The Kier molecular flexibility index (Phi) is 5.63. The minimum atomic E-state index is -0.535. The molecule has 0 bridgehead atoms. The van der Waals surface area contributed by atoms with E-state index in [1.54, 1.807) is 30.1 Å². The van der Waals surface area contributed by atoms with Crippen LogP contribution < -0.4 is 10.1 Å². The Morgan fingerprint density at radius 1 is 1.07 bits per heavy atom. The summed E-state index contributed by atoms with van der Waals surface area (Å²) in [5.41, 5.74) is 2.28. The predicted molar refractivity (Wildman–Crippen MR) is 118 cm³/mol. The lowest BCUT2D eigenvalue weighted by atomic mass is 10.1. The smallest absolute Gasteiger partial charge is 0.259 e. The third-order valence-corrected chi connectivity index (χ3v) is 5.01. The largest absolute Gasteiger partial charge is 0.496 e. The third-order valence-electron chi connectivity index (χ3n) is 4.52. The molecule has 1 aromatic heterocycles. The molecule has 0 aliphatic carbocycles. The van der Waals surface area contributed by atoms with Crippen molar-refractivity contribution in [3.05, 3.63) is 94.8 Å². The Bertz CT molecular complexity index is 1210. The lowest BCUT2D eigenvalue weighted by Crippen LogP contribution is -2.13. The molecule has 0 radical (unpaired) electrons. The molecule has 0 spiro atoms. The molecular formula is C23H17BrFN3O2. The van der Waals surface area contributed by atoms with Crippen LogP contribution >= 0.6 is 15.9 Å². The SMILES string of the molecule is COc1ccccc1-c1nn(-c2ccccc2)cc1C(=O)Nc1ccc(Br)cc1F. The Morgan fingerprint density at radius 3 is 2.53 bits per heavy atom. The van der Waals surface area contributed by atoms with E-state index >= 15 is 0 Å². The summed E-state index contributed by atoms with van der Waals surface area (Å²) in [5, 5.41) is 7.27. The van der Waals surface area contributed by atoms with E-state index in [9.17, 15) is 9.18 Å². The molecule has 0 unspecified atom stereocenters. The second kappa shape index (κ2) is 8.51. The Labute approximate surface area is 181 Å². The van der Waals surface area contributed by atoms with Crippen LogP contribution in [0, 0.1) is 5.82 Å². The second-order valence-corrected chi connectivity index (χ2v) is 7.37. The number of para-hydroxylation sites is 2. The van der Waals surface area contributed by atoms with E-state index < -0.39 is 11.7 Å². The van der Waals surface area contributed by atoms with Crippen LogP contribution in [0.15, 0.2) is 83.5 Å². The van der Waals surface area contributed by atoms with Crippen LogP contribution in [0.5, 0.6) is 5.75 Å². The number of hydrogen-bond donors (Lipinski definition) is 1. The van der Waals surface area contributed by atoms with E-state index in [1.165, 1.54) is 12.1 Å². The van der Waals surface area contributed by atoms with E-state index in [0.29, 0.717) is 27.0 Å². The summed E-state index contributed by atoms with van der Waals surface area (Å²) >= 11 is 3.21. The summed E-state index contributed by atoms with van der Waals surface area (Å²) < 4.78 is 21.9. The predicted octanol–water partition coefficient (Wildman–Crippen LogP) is 5.70. The highest BCUT2D eigenvalue weighted by molar-refractivity contribution is 9.10. The molecule has 150 valence electrons. The molecule has 4 rings (SSSR count). The van der Waals surface area contributed by atoms with Gasteiger partial charge < -0.3 is 10.1 Å². The monoisotopic (exact) mass is 465 g/mol. The molecule has 0 saturated heterocycles. The van der Waals surface area contributed by atoms with Crippen LogP contribution in [-0.4, -0.2) is 22.8 Å². The van der Waals surface area contributed by atoms with Crippen molar-refractivity contribution >= 4 is 27.5 Å². The number of methoxy groups -OCH3 is 1. The molecule has 3 aromatic carbocycles. The highest BCUT2D eigenvalue weighted by Crippen LogP contribution is 2.32. The Hall–Kier alpha value is -3.45. The maximum atomic E-state index is 14.3. The molecule has 1 N–H and O–H groups in total. The normalized spacial score (nSPS) is 10.6. The topological polar surface area (TPSA) is 56.2 Å². The number of halogens is 2. The van der Waals surface area contributed by atoms with Crippen LogP contribution in [0.3, 0.4) is 0 Å². The van der Waals surface area contributed by atoms with Gasteiger partial charge in [0.15, 0.2) is 0 Å². The second-order valence-electron chi connectivity index (χ2n) is 6.45. The fraction of sp³-hybridized carbons (Fsp3) is 0.0435. The number of ether oxygens (including phenoxy) is 1. The van der Waals surface area contributed by atoms with Crippen molar-refractivity contribution in [3.63, 3.8) is 0 Å². The molecule has 1 heterocycles. The van der Waals surface area contributed by atoms with Gasteiger partial charge in [-0.05, 0) is 42.5 Å². The number of anilines is 1. The van der Waals surface area contributed by atoms with Crippen molar-refractivity contribution in [2.24, 2.45) is 0 Å². The molecule has 1 amide bonds. The van der Waals surface area contributed by atoms with Crippen molar-refractivity contribution in [3.8, 4) is 22.7 Å². The molecule has 30 heavy (non-hydrogen) atoms. The number of amides is 1. The molecule has 4 aromatic rings. The zero-order valence-electron chi connectivity index (χ0n) is 16.0. The van der Waals surface area contributed by atoms with Gasteiger partial charge >= 0.3 is 0 Å². The molecule has 0 aliphatic heterocycles. The summed E-state index contributed by atoms with van der Waals surface area (Å²) in [7, 11) is 1.56. The summed E-state index contributed by atoms with van der Waals surface area (Å²) in [6.45, 7) is 0. The summed E-state index contributed by atoms with van der Waals surface area (Å²) in [5.74, 6) is -0.425. The van der Waals surface area contributed by atoms with Crippen LogP contribution in [0.2, 0.25) is 0 Å². The Balaban J connectivity index is 1.81. The van der Waals surface area contributed by atoms with Gasteiger partial charge in [-0.1, -0.05) is 46.3 Å². The number of aromatic nitrogens is 2. The average Bonchev–Trinajstić information content (AvgIpc) is 3.22. The number of rotatable bonds is 5. The van der Waals surface area contributed by atoms with Gasteiger partial charge in [-0.25, -0.2) is 9.07 Å². The number of benzene rings is 3. The number of carbonyl (C=O) groups is 1. The third kappa shape index (κ3) is 3.97. The number of nitrogens with zero attached hydrogens (tertiary/aromatic N) is 2. The van der Waals surface area contributed by atoms with E-state index in [1.807, 2.05) is 48.5 Å². The first-order valence-electron chi connectivity index (χ1n) is 9.11. The molecule has 0 aliphatic rings. The van der Waals surface area contributed by atoms with Gasteiger partial charge in [0.1, 0.15) is 17.3 Å². The van der Waals surface area contributed by atoms with Gasteiger partial charge in [-0.15, -0.1) is 0 Å². The van der Waals surface area contributed by atoms with Crippen molar-refractivity contribution in [1.82, 2.24) is 9.78 Å². The van der Waals surface area contributed by atoms with Gasteiger partial charge in [0, 0.05) is 16.2 Å². The summed E-state index contributed by atoms with van der Waals surface area (Å²) in [4.78, 5) is 13.1. The minimum absolute atomic E-state index is 0.0848. The zero-order chi connectivity index (χ0) is 21.1. The molecule has 5 nitrogen and oxygen atoms in total. The van der Waals surface area contributed by atoms with E-state index in [0.717, 1.165) is 5.69 Å². The highest BCUT2D eigenvalue weighted by Gasteiger charge is 2.22. The van der Waals surface area contributed by atoms with Crippen molar-refractivity contribution < 1.29 is 13.9 Å². The molecule has 0 saturated carbocycles. The van der Waals surface area contributed by atoms with Crippen LogP contribution in [0.25, 0.3) is 16.9 Å². The van der Waals surface area contributed by atoms with Gasteiger partial charge in [0.2, 0.25) is 0 Å². The van der Waals surface area contributed by atoms with E-state index in [-0.39, 0.29) is 5.69 Å². The highest BCUT2D eigenvalue weighted by atomic mass is 79.9. The lowest BCUT2D eigenvalue weighted by molar-refractivity contribution is 0.102. The number of hydrogen-bond acceptors (Lipinski definition) is 3. The molecular weight excluding hydrogens is 449 g/mol. The van der Waals surface area contributed by atoms with Crippen molar-refractivity contribution in [1.29, 1.82) is 0 Å². The minimum Gasteiger partial charge on any atom is -0.496 e. The van der Waals surface area contributed by atoms with E-state index in [2.05, 4.69) is 26.3 Å². The van der Waals surface area contributed by atoms with Gasteiger partial charge in [-0.2, -0.15) is 5.10 Å². The van der Waals surface area contributed by atoms with Crippen LogP contribution in [0.1, 0.15) is 10.4 Å². The fourth-order valence-corrected chi connectivity index (χ4v) is 3.41. The van der Waals surface area contributed by atoms with Gasteiger partial charge in [-0.3, -0.25) is 4.79 Å². The molecule has 0 atom stereocenters. The molecule has 7 heteroatoms. The van der Waals surface area contributed by atoms with Crippen LogP contribution in [-0.2, 0) is 0 Å². The summed E-state index contributed by atoms with van der Waals surface area (Å²) in [6.07, 6.45) is 1.63. The fourth-order valence-electron chi connectivity index (χ4n) is 3.07. The molecule has 0 fully saturated rings. The quantitative estimate of drug-likeness (QED) is 0.411. The maximum absolute atomic E-state index is 14.3. The number of carbonyl (C=O) groups excluding carboxylic acids is 1. The standard InChI is InChI=1S/C23H17BrFN3O2/c1-30-21-10-6-5-9-17(21)22-18(14-28(27-22)16-7-3-2-4-8-16)23(29)26-20-12-11-15(24)13-19(20)25/h2-14H,1H3,(H,26,29). The van der Waals surface area contributed by atoms with Crippen LogP contribution in [0.4, 0.5) is 10.1 Å². The maximum Gasteiger partial charge on any atom is 0.259 e.